The van der Waals surface area contributed by atoms with E-state index in [1.165, 1.54) is 6.07 Å². The summed E-state index contributed by atoms with van der Waals surface area (Å²) in [5.74, 6) is 0. The van der Waals surface area contributed by atoms with E-state index in [4.69, 9.17) is 17.2 Å². The normalized spacial score (nSPS) is 18.3. The molecule has 10 nitrogen and oxygen atoms in total. The third kappa shape index (κ3) is 6.67. The molecule has 0 fully saturated rings. The fourth-order valence-electron chi connectivity index (χ4n) is 4.82. The van der Waals surface area contributed by atoms with E-state index in [-0.39, 0.29) is 12.1 Å². The van der Waals surface area contributed by atoms with Crippen LogP contribution >= 0.6 is 0 Å². The zero-order chi connectivity index (χ0) is 29.0. The van der Waals surface area contributed by atoms with Crippen molar-refractivity contribution in [3.8, 4) is 0 Å². The highest BCUT2D eigenvalue weighted by molar-refractivity contribution is 7.86. The Labute approximate surface area is 230 Å². The van der Waals surface area contributed by atoms with E-state index in [1.807, 2.05) is 50.3 Å². The highest BCUT2D eigenvalue weighted by Gasteiger charge is 2.32. The van der Waals surface area contributed by atoms with Gasteiger partial charge in [0.05, 0.1) is 4.90 Å². The van der Waals surface area contributed by atoms with Crippen molar-refractivity contribution in [3.63, 3.8) is 0 Å². The maximum atomic E-state index is 12.5. The molecule has 0 heterocycles. The molecule has 0 unspecified atom stereocenters. The van der Waals surface area contributed by atoms with Crippen molar-refractivity contribution in [2.45, 2.75) is 36.1 Å². The van der Waals surface area contributed by atoms with E-state index >= 15 is 0 Å². The zero-order valence-electron chi connectivity index (χ0n) is 22.0. The molecule has 1 aliphatic rings. The van der Waals surface area contributed by atoms with Gasteiger partial charge in [0.1, 0.15) is 4.90 Å². The molecule has 0 amide bonds. The fraction of sp³-hybridized carbons (Fsp3) is 0.333. The summed E-state index contributed by atoms with van der Waals surface area (Å²) in [5.41, 5.74) is 20.1. The first-order valence-corrected chi connectivity index (χ1v) is 15.4. The summed E-state index contributed by atoms with van der Waals surface area (Å²) in [4.78, 5) is 0.828. The van der Waals surface area contributed by atoms with Crippen LogP contribution in [0.2, 0.25) is 0 Å². The zero-order valence-corrected chi connectivity index (χ0v) is 23.6. The molecule has 0 saturated heterocycles. The van der Waals surface area contributed by atoms with E-state index in [2.05, 4.69) is 4.90 Å². The Morgan fingerprint density at radius 2 is 1.51 bits per heavy atom. The first-order valence-electron chi connectivity index (χ1n) is 12.5. The Hall–Kier alpha value is -2.84. The van der Waals surface area contributed by atoms with E-state index in [1.54, 1.807) is 12.2 Å². The molecule has 0 spiro atoms. The van der Waals surface area contributed by atoms with Gasteiger partial charge < -0.3 is 22.1 Å². The van der Waals surface area contributed by atoms with Gasteiger partial charge in [0, 0.05) is 42.3 Å². The average molecular weight is 577 g/mol. The molecule has 0 bridgehead atoms. The highest BCUT2D eigenvalue weighted by Crippen LogP contribution is 2.39. The number of anilines is 1. The molecule has 8 N–H and O–H groups in total. The van der Waals surface area contributed by atoms with Crippen LogP contribution in [0.15, 0.2) is 82.1 Å². The number of benzene rings is 2. The van der Waals surface area contributed by atoms with Crippen molar-refractivity contribution in [2.24, 2.45) is 22.6 Å². The van der Waals surface area contributed by atoms with Gasteiger partial charge in [-0.1, -0.05) is 42.5 Å². The summed E-state index contributed by atoms with van der Waals surface area (Å²) >= 11 is 0. The molecule has 212 valence electrons. The van der Waals surface area contributed by atoms with Crippen LogP contribution in [-0.2, 0) is 20.2 Å². The van der Waals surface area contributed by atoms with Gasteiger partial charge in [0.25, 0.3) is 20.2 Å². The molecular formula is C27H36N4O6S2. The summed E-state index contributed by atoms with van der Waals surface area (Å²) in [6.07, 6.45) is 7.90. The smallest absolute Gasteiger partial charge is 0.295 e. The van der Waals surface area contributed by atoms with E-state index in [0.29, 0.717) is 29.7 Å². The van der Waals surface area contributed by atoms with Crippen LogP contribution < -0.4 is 22.1 Å². The topological polar surface area (TPSA) is 190 Å². The molecule has 3 rings (SSSR count). The third-order valence-electron chi connectivity index (χ3n) is 7.04. The van der Waals surface area contributed by atoms with Gasteiger partial charge in [-0.15, -0.1) is 0 Å². The van der Waals surface area contributed by atoms with Crippen molar-refractivity contribution >= 4 is 31.5 Å². The Morgan fingerprint density at radius 3 is 1.97 bits per heavy atom. The first kappa shape index (κ1) is 30.7. The number of hydrogen-bond donors (Lipinski definition) is 5. The van der Waals surface area contributed by atoms with E-state index in [0.717, 1.165) is 30.9 Å². The summed E-state index contributed by atoms with van der Waals surface area (Å²) in [6.45, 7) is 6.25. The highest BCUT2D eigenvalue weighted by atomic mass is 32.2. The second-order valence-electron chi connectivity index (χ2n) is 9.32. The van der Waals surface area contributed by atoms with Crippen LogP contribution in [0.4, 0.5) is 5.69 Å². The lowest BCUT2D eigenvalue weighted by atomic mass is 9.73. The number of allylic oxidation sites excluding steroid dienone is 3. The first-order chi connectivity index (χ1) is 18.3. The summed E-state index contributed by atoms with van der Waals surface area (Å²) in [7, 11) is -9.64. The average Bonchev–Trinajstić information content (AvgIpc) is 2.90. The molecule has 1 atom stereocenters. The van der Waals surface area contributed by atoms with Crippen LogP contribution in [0.25, 0.3) is 5.57 Å². The Bertz CT molecular complexity index is 1480. The standard InChI is InChI=1S/C27H36N4O6S2/c1-3-31(4-2)21-7-5-19(6-8-21)26(20-11-13-27(14-12-20,15-16-28)25(30)18-29)23-10-9-22(38(32,33)34)17-24(23)39(35,36)37/h5-14,17,25H,3-4,15-16,18,28-30H2,1-2H3,(H,32,33,34)(H,35,36,37)/t25-,27?/m1/s1. The molecule has 0 aliphatic heterocycles. The fourth-order valence-corrected chi connectivity index (χ4v) is 6.13. The van der Waals surface area contributed by atoms with Crippen LogP contribution in [0.1, 0.15) is 31.4 Å². The van der Waals surface area contributed by atoms with Crippen LogP contribution in [0, 0.1) is 5.41 Å². The molecule has 2 aromatic rings. The minimum Gasteiger partial charge on any atom is -0.372 e. The lowest BCUT2D eigenvalue weighted by molar-refractivity contribution is 0.365. The second-order valence-corrected chi connectivity index (χ2v) is 12.1. The quantitative estimate of drug-likeness (QED) is 0.249. The SMILES string of the molecule is CCN(CC)c1ccc(C(=C2C=CC(CCN)([C@H](N)CN)C=C2)c2ccc(S(=O)(=O)O)cc2S(=O)(=O)O)cc1. The predicted molar refractivity (Wildman–Crippen MR) is 154 cm³/mol. The minimum atomic E-state index is -4.91. The van der Waals surface area contributed by atoms with Crippen molar-refractivity contribution in [2.75, 3.05) is 31.1 Å². The lowest BCUT2D eigenvalue weighted by Crippen LogP contribution is -2.46. The lowest BCUT2D eigenvalue weighted by Gasteiger charge is -2.35. The molecule has 1 aliphatic carbocycles. The summed E-state index contributed by atoms with van der Waals surface area (Å²) in [6, 6.07) is 10.1. The van der Waals surface area contributed by atoms with Gasteiger partial charge in [-0.25, -0.2) is 0 Å². The number of hydrogen-bond acceptors (Lipinski definition) is 8. The van der Waals surface area contributed by atoms with Crippen molar-refractivity contribution < 1.29 is 25.9 Å². The van der Waals surface area contributed by atoms with Gasteiger partial charge >= 0.3 is 0 Å². The van der Waals surface area contributed by atoms with E-state index < -0.39 is 41.5 Å². The Balaban J connectivity index is 2.33. The summed E-state index contributed by atoms with van der Waals surface area (Å²) < 4.78 is 68.0. The van der Waals surface area contributed by atoms with Gasteiger partial charge in [0.2, 0.25) is 0 Å². The van der Waals surface area contributed by atoms with Gasteiger partial charge in [-0.2, -0.15) is 16.8 Å². The van der Waals surface area contributed by atoms with Gasteiger partial charge in [-0.05, 0) is 67.8 Å². The molecule has 0 radical (unpaired) electrons. The largest absolute Gasteiger partial charge is 0.372 e. The van der Waals surface area contributed by atoms with Gasteiger partial charge in [0.15, 0.2) is 0 Å². The minimum absolute atomic E-state index is 0.0548. The van der Waals surface area contributed by atoms with E-state index in [9.17, 15) is 25.9 Å². The molecule has 0 saturated carbocycles. The maximum Gasteiger partial charge on any atom is 0.295 e. The van der Waals surface area contributed by atoms with Crippen LogP contribution in [0.5, 0.6) is 0 Å². The Kier molecular flexibility index (Phi) is 9.55. The summed E-state index contributed by atoms with van der Waals surface area (Å²) in [5, 5.41) is 0. The molecule has 12 heteroatoms. The Morgan fingerprint density at radius 1 is 0.923 bits per heavy atom. The predicted octanol–water partition coefficient (Wildman–Crippen LogP) is 2.58. The molecule has 39 heavy (non-hydrogen) atoms. The van der Waals surface area contributed by atoms with Crippen molar-refractivity contribution in [1.29, 1.82) is 0 Å². The van der Waals surface area contributed by atoms with Crippen LogP contribution in [-0.4, -0.2) is 58.2 Å². The number of nitrogens with two attached hydrogens (primary N) is 3. The number of rotatable bonds is 11. The molecular weight excluding hydrogens is 540 g/mol. The van der Waals surface area contributed by atoms with Crippen molar-refractivity contribution in [1.82, 2.24) is 0 Å². The molecule has 0 aromatic heterocycles. The molecule has 2 aromatic carbocycles. The van der Waals surface area contributed by atoms with Crippen LogP contribution in [0.3, 0.4) is 0 Å². The monoisotopic (exact) mass is 576 g/mol. The van der Waals surface area contributed by atoms with Crippen molar-refractivity contribution in [3.05, 3.63) is 83.5 Å². The number of nitrogens with zero attached hydrogens (tertiary/aromatic N) is 1. The van der Waals surface area contributed by atoms with Gasteiger partial charge in [-0.3, -0.25) is 9.11 Å². The third-order valence-corrected chi connectivity index (χ3v) is 8.78. The maximum absolute atomic E-state index is 12.5. The second kappa shape index (κ2) is 12.1.